The van der Waals surface area contributed by atoms with Gasteiger partial charge in [0.05, 0.1) is 12.0 Å². The molecule has 5 heteroatoms. The molecule has 5 nitrogen and oxygen atoms in total. The molecule has 0 fully saturated rings. The number of carboxylic acids is 1. The van der Waals surface area contributed by atoms with Gasteiger partial charge in [0.25, 0.3) is 0 Å². The molecule has 0 saturated heterocycles. The first kappa shape index (κ1) is 15.9. The van der Waals surface area contributed by atoms with Gasteiger partial charge in [-0.05, 0) is 19.3 Å². The van der Waals surface area contributed by atoms with Gasteiger partial charge in [-0.15, -0.1) is 0 Å². The van der Waals surface area contributed by atoms with Gasteiger partial charge in [0, 0.05) is 20.1 Å². The average Bonchev–Trinajstić information content (AvgIpc) is 2.25. The van der Waals surface area contributed by atoms with Crippen LogP contribution in [0, 0.1) is 11.8 Å². The minimum atomic E-state index is -0.870. The van der Waals surface area contributed by atoms with E-state index in [4.69, 9.17) is 9.84 Å². The third-order valence-electron chi connectivity index (χ3n) is 2.82. The lowest BCUT2D eigenvalue weighted by Crippen LogP contribution is -2.35. The van der Waals surface area contributed by atoms with Crippen molar-refractivity contribution in [1.82, 2.24) is 5.32 Å². The van der Waals surface area contributed by atoms with Crippen LogP contribution in [0.2, 0.25) is 0 Å². The Balaban J connectivity index is 3.93. The lowest BCUT2D eigenvalue weighted by Gasteiger charge is -2.17. The fourth-order valence-electron chi connectivity index (χ4n) is 1.37. The second kappa shape index (κ2) is 8.06. The zero-order valence-corrected chi connectivity index (χ0v) is 11.0. The van der Waals surface area contributed by atoms with Gasteiger partial charge in [0.2, 0.25) is 5.91 Å². The van der Waals surface area contributed by atoms with Gasteiger partial charge in [-0.25, -0.2) is 0 Å². The number of aliphatic carboxylic acids is 1. The first-order valence-electron chi connectivity index (χ1n) is 5.90. The summed E-state index contributed by atoms with van der Waals surface area (Å²) >= 11 is 0. The second-order valence-corrected chi connectivity index (χ2v) is 4.58. The Labute approximate surface area is 103 Å². The van der Waals surface area contributed by atoms with Crippen molar-refractivity contribution in [3.8, 4) is 0 Å². The Bertz CT molecular complexity index is 253. The molecule has 0 rings (SSSR count). The average molecular weight is 245 g/mol. The number of methoxy groups -OCH3 is 1. The van der Waals surface area contributed by atoms with Crippen LogP contribution in [0.4, 0.5) is 0 Å². The van der Waals surface area contributed by atoms with Crippen LogP contribution >= 0.6 is 0 Å². The molecule has 0 radical (unpaired) electrons. The van der Waals surface area contributed by atoms with E-state index >= 15 is 0 Å². The zero-order chi connectivity index (χ0) is 13.4. The van der Waals surface area contributed by atoms with E-state index in [1.54, 1.807) is 7.11 Å². The Hall–Kier alpha value is -1.10. The predicted octanol–water partition coefficient (Wildman–Crippen LogP) is 1.27. The van der Waals surface area contributed by atoms with Crippen molar-refractivity contribution in [2.24, 2.45) is 11.8 Å². The second-order valence-electron chi connectivity index (χ2n) is 4.58. The molecule has 0 aliphatic rings. The fraction of sp³-hybridized carbons (Fsp3) is 0.833. The highest BCUT2D eigenvalue weighted by Crippen LogP contribution is 2.10. The van der Waals surface area contributed by atoms with E-state index in [0.29, 0.717) is 12.8 Å². The molecule has 0 bridgehead atoms. The zero-order valence-electron chi connectivity index (χ0n) is 11.0. The topological polar surface area (TPSA) is 75.6 Å². The first-order valence-corrected chi connectivity index (χ1v) is 5.90. The van der Waals surface area contributed by atoms with Crippen LogP contribution in [0.25, 0.3) is 0 Å². The van der Waals surface area contributed by atoms with Crippen molar-refractivity contribution >= 4 is 11.9 Å². The molecule has 0 heterocycles. The summed E-state index contributed by atoms with van der Waals surface area (Å²) in [4.78, 5) is 22.3. The number of rotatable bonds is 8. The molecule has 0 aromatic carbocycles. The molecule has 0 aliphatic carbocycles. The molecule has 0 aromatic rings. The maximum absolute atomic E-state index is 11.5. The van der Waals surface area contributed by atoms with E-state index in [9.17, 15) is 9.59 Å². The van der Waals surface area contributed by atoms with Crippen LogP contribution in [0.5, 0.6) is 0 Å². The van der Waals surface area contributed by atoms with Crippen LogP contribution in [-0.4, -0.2) is 36.7 Å². The van der Waals surface area contributed by atoms with E-state index in [2.05, 4.69) is 5.32 Å². The smallest absolute Gasteiger partial charge is 0.308 e. The van der Waals surface area contributed by atoms with Crippen LogP contribution in [0.1, 0.15) is 33.6 Å². The van der Waals surface area contributed by atoms with Gasteiger partial charge >= 0.3 is 5.97 Å². The number of carbonyl (C=O) groups is 2. The van der Waals surface area contributed by atoms with Gasteiger partial charge in [-0.2, -0.15) is 0 Å². The summed E-state index contributed by atoms with van der Waals surface area (Å²) in [6.07, 6.45) is 1.04. The highest BCUT2D eigenvalue weighted by Gasteiger charge is 2.21. The normalized spacial score (nSPS) is 14.4. The molecule has 2 N–H and O–H groups in total. The van der Waals surface area contributed by atoms with Gasteiger partial charge in [-0.3, -0.25) is 9.59 Å². The maximum Gasteiger partial charge on any atom is 0.308 e. The number of amides is 1. The van der Waals surface area contributed by atoms with Crippen LogP contribution in [0.15, 0.2) is 0 Å². The highest BCUT2D eigenvalue weighted by molar-refractivity contribution is 5.77. The molecule has 100 valence electrons. The molecular weight excluding hydrogens is 222 g/mol. The van der Waals surface area contributed by atoms with E-state index in [0.717, 1.165) is 0 Å². The first-order chi connectivity index (χ1) is 7.88. The molecule has 1 amide bonds. The summed E-state index contributed by atoms with van der Waals surface area (Å²) in [5.74, 6) is -1.52. The summed E-state index contributed by atoms with van der Waals surface area (Å²) in [5.41, 5.74) is 0. The summed E-state index contributed by atoms with van der Waals surface area (Å²) in [7, 11) is 1.60. The molecule has 0 saturated carbocycles. The Morgan fingerprint density at radius 2 is 1.88 bits per heavy atom. The summed E-state index contributed by atoms with van der Waals surface area (Å²) in [5, 5.41) is 11.6. The number of nitrogens with one attached hydrogen (secondary N) is 1. The molecule has 0 spiro atoms. The largest absolute Gasteiger partial charge is 0.481 e. The van der Waals surface area contributed by atoms with Gasteiger partial charge in [0.1, 0.15) is 0 Å². The van der Waals surface area contributed by atoms with E-state index < -0.39 is 11.9 Å². The summed E-state index contributed by atoms with van der Waals surface area (Å²) < 4.78 is 5.03. The van der Waals surface area contributed by atoms with Crippen molar-refractivity contribution < 1.29 is 19.4 Å². The lowest BCUT2D eigenvalue weighted by atomic mass is 9.96. The monoisotopic (exact) mass is 245 g/mol. The van der Waals surface area contributed by atoms with Crippen molar-refractivity contribution in [1.29, 1.82) is 0 Å². The third kappa shape index (κ3) is 6.94. The molecule has 17 heavy (non-hydrogen) atoms. The fourth-order valence-corrected chi connectivity index (χ4v) is 1.37. The molecule has 2 unspecified atom stereocenters. The SMILES string of the molecule is COC(C)CCC(=O)NCC(C(=O)O)C(C)C. The van der Waals surface area contributed by atoms with Crippen molar-refractivity contribution in [3.63, 3.8) is 0 Å². The number of carbonyl (C=O) groups excluding carboxylic acids is 1. The Morgan fingerprint density at radius 1 is 1.29 bits per heavy atom. The number of hydrogen-bond acceptors (Lipinski definition) is 3. The molecular formula is C12H23NO4. The van der Waals surface area contributed by atoms with Gasteiger partial charge < -0.3 is 15.2 Å². The third-order valence-corrected chi connectivity index (χ3v) is 2.82. The molecule has 0 aliphatic heterocycles. The molecule has 2 atom stereocenters. The van der Waals surface area contributed by atoms with Crippen LogP contribution in [0.3, 0.4) is 0 Å². The van der Waals surface area contributed by atoms with Crippen molar-refractivity contribution in [2.45, 2.75) is 39.7 Å². The maximum atomic E-state index is 11.5. The molecule has 0 aromatic heterocycles. The quantitative estimate of drug-likeness (QED) is 0.675. The van der Waals surface area contributed by atoms with Crippen molar-refractivity contribution in [3.05, 3.63) is 0 Å². The lowest BCUT2D eigenvalue weighted by molar-refractivity contribution is -0.143. The highest BCUT2D eigenvalue weighted by atomic mass is 16.5. The van der Waals surface area contributed by atoms with Gasteiger partial charge in [0.15, 0.2) is 0 Å². The van der Waals surface area contributed by atoms with Crippen LogP contribution < -0.4 is 5.32 Å². The standard InChI is InChI=1S/C12H23NO4/c1-8(2)10(12(15)16)7-13-11(14)6-5-9(3)17-4/h8-10H,5-7H2,1-4H3,(H,13,14)(H,15,16). The predicted molar refractivity (Wildman–Crippen MR) is 64.7 cm³/mol. The Morgan fingerprint density at radius 3 is 2.29 bits per heavy atom. The van der Waals surface area contributed by atoms with Crippen molar-refractivity contribution in [2.75, 3.05) is 13.7 Å². The minimum Gasteiger partial charge on any atom is -0.481 e. The Kier molecular flexibility index (Phi) is 7.54. The van der Waals surface area contributed by atoms with Gasteiger partial charge in [-0.1, -0.05) is 13.8 Å². The van der Waals surface area contributed by atoms with E-state index in [1.165, 1.54) is 0 Å². The number of ether oxygens (including phenoxy) is 1. The van der Waals surface area contributed by atoms with Crippen LogP contribution in [-0.2, 0) is 14.3 Å². The number of carboxylic acid groups (broad SMARTS) is 1. The summed E-state index contributed by atoms with van der Waals surface area (Å²) in [6, 6.07) is 0. The number of hydrogen-bond donors (Lipinski definition) is 2. The summed E-state index contributed by atoms with van der Waals surface area (Å²) in [6.45, 7) is 5.74. The van der Waals surface area contributed by atoms with E-state index in [1.807, 2.05) is 20.8 Å². The minimum absolute atomic E-state index is 0.00528. The van der Waals surface area contributed by atoms with E-state index in [-0.39, 0.29) is 24.5 Å².